The van der Waals surface area contributed by atoms with E-state index in [1.165, 1.54) is 13.0 Å². The van der Waals surface area contributed by atoms with E-state index in [2.05, 4.69) is 0 Å². The largest absolute Gasteiger partial charge is 0.494 e. The second-order valence-corrected chi connectivity index (χ2v) is 3.82. The number of primary amides is 1. The van der Waals surface area contributed by atoms with Crippen molar-refractivity contribution in [3.63, 3.8) is 0 Å². The summed E-state index contributed by atoms with van der Waals surface area (Å²) < 4.78 is 10.1. The molecule has 5 nitrogen and oxygen atoms in total. The molecule has 1 rings (SSSR count). The SMILES string of the molecule is CCOc1ccc(/C=C/C(=O)O[C@@H](C)C(N)=O)cc1. The molecule has 1 aromatic carbocycles. The zero-order valence-electron chi connectivity index (χ0n) is 11.0. The highest BCUT2D eigenvalue weighted by atomic mass is 16.5. The summed E-state index contributed by atoms with van der Waals surface area (Å²) in [5, 5.41) is 0. The Morgan fingerprint density at radius 2 is 1.95 bits per heavy atom. The summed E-state index contributed by atoms with van der Waals surface area (Å²) in [6, 6.07) is 7.24. The van der Waals surface area contributed by atoms with Crippen LogP contribution in [0.3, 0.4) is 0 Å². The highest BCUT2D eigenvalue weighted by Crippen LogP contribution is 2.13. The van der Waals surface area contributed by atoms with E-state index < -0.39 is 18.0 Å². The third-order valence-electron chi connectivity index (χ3n) is 2.30. The molecule has 0 aliphatic rings. The zero-order chi connectivity index (χ0) is 14.3. The predicted octanol–water partition coefficient (Wildman–Crippen LogP) is 1.52. The number of hydrogen-bond acceptors (Lipinski definition) is 4. The van der Waals surface area contributed by atoms with Gasteiger partial charge in [-0.05, 0) is 37.6 Å². The number of carbonyl (C=O) groups excluding carboxylic acids is 2. The maximum Gasteiger partial charge on any atom is 0.331 e. The fourth-order valence-electron chi connectivity index (χ4n) is 1.28. The van der Waals surface area contributed by atoms with Gasteiger partial charge in [0.1, 0.15) is 5.75 Å². The minimum absolute atomic E-state index is 0.604. The molecule has 0 bridgehead atoms. The van der Waals surface area contributed by atoms with Crippen LogP contribution in [-0.4, -0.2) is 24.6 Å². The molecule has 102 valence electrons. The predicted molar refractivity (Wildman–Crippen MR) is 71.4 cm³/mol. The quantitative estimate of drug-likeness (QED) is 0.623. The summed E-state index contributed by atoms with van der Waals surface area (Å²) in [7, 11) is 0. The molecular formula is C14H17NO4. The van der Waals surface area contributed by atoms with Gasteiger partial charge in [-0.1, -0.05) is 12.1 Å². The van der Waals surface area contributed by atoms with Gasteiger partial charge in [0.05, 0.1) is 6.61 Å². The van der Waals surface area contributed by atoms with Gasteiger partial charge in [0.15, 0.2) is 6.10 Å². The summed E-state index contributed by atoms with van der Waals surface area (Å²) in [4.78, 5) is 22.1. The number of benzene rings is 1. The van der Waals surface area contributed by atoms with Crippen molar-refractivity contribution in [3.05, 3.63) is 35.9 Å². The van der Waals surface area contributed by atoms with Gasteiger partial charge in [-0.25, -0.2) is 4.79 Å². The monoisotopic (exact) mass is 263 g/mol. The van der Waals surface area contributed by atoms with Crippen molar-refractivity contribution in [3.8, 4) is 5.75 Å². The Morgan fingerprint density at radius 3 is 2.47 bits per heavy atom. The van der Waals surface area contributed by atoms with Crippen molar-refractivity contribution in [2.45, 2.75) is 20.0 Å². The lowest BCUT2D eigenvalue weighted by atomic mass is 10.2. The van der Waals surface area contributed by atoms with Crippen LogP contribution >= 0.6 is 0 Å². The van der Waals surface area contributed by atoms with Crippen LogP contribution in [0.2, 0.25) is 0 Å². The van der Waals surface area contributed by atoms with E-state index in [1.807, 2.05) is 19.1 Å². The molecule has 0 spiro atoms. The first-order valence-corrected chi connectivity index (χ1v) is 5.93. The van der Waals surface area contributed by atoms with Gasteiger partial charge in [-0.15, -0.1) is 0 Å². The van der Waals surface area contributed by atoms with Crippen LogP contribution < -0.4 is 10.5 Å². The Kier molecular flexibility index (Phi) is 5.60. The molecule has 0 aliphatic carbocycles. The fraction of sp³-hybridized carbons (Fsp3) is 0.286. The molecule has 1 aromatic rings. The molecule has 0 saturated heterocycles. The second-order valence-electron chi connectivity index (χ2n) is 3.82. The summed E-state index contributed by atoms with van der Waals surface area (Å²) in [5.74, 6) is -0.521. The molecule has 0 unspecified atom stereocenters. The van der Waals surface area contributed by atoms with Crippen molar-refractivity contribution < 1.29 is 19.1 Å². The van der Waals surface area contributed by atoms with Gasteiger partial charge in [0, 0.05) is 6.08 Å². The minimum atomic E-state index is -0.933. The topological polar surface area (TPSA) is 78.6 Å². The standard InChI is InChI=1S/C14H17NO4/c1-3-18-12-7-4-11(5-8-12)6-9-13(16)19-10(2)14(15)17/h4-10H,3H2,1-2H3,(H2,15,17)/b9-6+/t10-/m0/s1. The Morgan fingerprint density at radius 1 is 1.32 bits per heavy atom. The molecule has 19 heavy (non-hydrogen) atoms. The number of amides is 1. The molecule has 1 atom stereocenters. The normalized spacial score (nSPS) is 12.1. The minimum Gasteiger partial charge on any atom is -0.494 e. The lowest BCUT2D eigenvalue weighted by molar-refractivity contribution is -0.148. The van der Waals surface area contributed by atoms with E-state index in [0.717, 1.165) is 11.3 Å². The van der Waals surface area contributed by atoms with E-state index in [9.17, 15) is 9.59 Å². The fourth-order valence-corrected chi connectivity index (χ4v) is 1.28. The van der Waals surface area contributed by atoms with Gasteiger partial charge in [0.25, 0.3) is 5.91 Å². The van der Waals surface area contributed by atoms with Gasteiger partial charge in [0.2, 0.25) is 0 Å². The summed E-state index contributed by atoms with van der Waals surface area (Å²) >= 11 is 0. The molecule has 0 aromatic heterocycles. The third-order valence-corrected chi connectivity index (χ3v) is 2.30. The number of nitrogens with two attached hydrogens (primary N) is 1. The van der Waals surface area contributed by atoms with Gasteiger partial charge in [-0.3, -0.25) is 4.79 Å². The van der Waals surface area contributed by atoms with Gasteiger partial charge in [-0.2, -0.15) is 0 Å². The van der Waals surface area contributed by atoms with E-state index in [1.54, 1.807) is 18.2 Å². The average molecular weight is 263 g/mol. The molecule has 0 heterocycles. The van der Waals surface area contributed by atoms with Crippen LogP contribution in [0.4, 0.5) is 0 Å². The summed E-state index contributed by atoms with van der Waals surface area (Å²) in [6.07, 6.45) is 1.90. The van der Waals surface area contributed by atoms with Crippen molar-refractivity contribution in [1.82, 2.24) is 0 Å². The van der Waals surface area contributed by atoms with Crippen molar-refractivity contribution in [1.29, 1.82) is 0 Å². The lowest BCUT2D eigenvalue weighted by Gasteiger charge is -2.06. The zero-order valence-corrected chi connectivity index (χ0v) is 11.0. The first kappa shape index (κ1) is 14.8. The molecule has 0 fully saturated rings. The highest BCUT2D eigenvalue weighted by Gasteiger charge is 2.11. The first-order valence-electron chi connectivity index (χ1n) is 5.93. The summed E-state index contributed by atoms with van der Waals surface area (Å²) in [6.45, 7) is 3.93. The number of hydrogen-bond donors (Lipinski definition) is 1. The maximum atomic E-state index is 11.4. The van der Waals surface area contributed by atoms with Crippen LogP contribution in [0.15, 0.2) is 30.3 Å². The van der Waals surface area contributed by atoms with Crippen LogP contribution in [-0.2, 0) is 14.3 Å². The molecule has 1 amide bonds. The van der Waals surface area contributed by atoms with Gasteiger partial charge < -0.3 is 15.2 Å². The Labute approximate surface area is 112 Å². The van der Waals surface area contributed by atoms with E-state index in [0.29, 0.717) is 6.61 Å². The van der Waals surface area contributed by atoms with Crippen molar-refractivity contribution >= 4 is 18.0 Å². The molecule has 5 heteroatoms. The highest BCUT2D eigenvalue weighted by molar-refractivity contribution is 5.89. The van der Waals surface area contributed by atoms with Crippen LogP contribution in [0.5, 0.6) is 5.75 Å². The third kappa shape index (κ3) is 5.25. The van der Waals surface area contributed by atoms with Crippen LogP contribution in [0.25, 0.3) is 6.08 Å². The Hall–Kier alpha value is -2.30. The van der Waals surface area contributed by atoms with Crippen LogP contribution in [0, 0.1) is 0 Å². The van der Waals surface area contributed by atoms with E-state index in [4.69, 9.17) is 15.2 Å². The molecule has 0 aliphatic heterocycles. The van der Waals surface area contributed by atoms with Gasteiger partial charge >= 0.3 is 5.97 Å². The smallest absolute Gasteiger partial charge is 0.331 e. The number of esters is 1. The second kappa shape index (κ2) is 7.20. The number of ether oxygens (including phenoxy) is 2. The van der Waals surface area contributed by atoms with E-state index in [-0.39, 0.29) is 0 Å². The number of carbonyl (C=O) groups is 2. The lowest BCUT2D eigenvalue weighted by Crippen LogP contribution is -2.29. The molecule has 0 saturated carbocycles. The Bertz CT molecular complexity index is 465. The Balaban J connectivity index is 2.56. The summed E-state index contributed by atoms with van der Waals surface area (Å²) in [5.41, 5.74) is 5.81. The van der Waals surface area contributed by atoms with Crippen LogP contribution in [0.1, 0.15) is 19.4 Å². The van der Waals surface area contributed by atoms with Crippen molar-refractivity contribution in [2.75, 3.05) is 6.61 Å². The maximum absolute atomic E-state index is 11.4. The average Bonchev–Trinajstić information content (AvgIpc) is 2.38. The number of rotatable bonds is 6. The first-order chi connectivity index (χ1) is 9.02. The van der Waals surface area contributed by atoms with Crippen molar-refractivity contribution in [2.24, 2.45) is 5.73 Å². The molecular weight excluding hydrogens is 246 g/mol. The van der Waals surface area contributed by atoms with E-state index >= 15 is 0 Å². The molecule has 0 radical (unpaired) electrons. The molecule has 2 N–H and O–H groups in total.